The van der Waals surface area contributed by atoms with Crippen molar-refractivity contribution in [2.24, 2.45) is 16.4 Å². The number of hydrazine groups is 1. The van der Waals surface area contributed by atoms with E-state index in [4.69, 9.17) is 5.84 Å². The van der Waals surface area contributed by atoms with Gasteiger partial charge in [-0.2, -0.15) is 5.10 Å². The van der Waals surface area contributed by atoms with Gasteiger partial charge in [-0.25, -0.2) is 0 Å². The van der Waals surface area contributed by atoms with Gasteiger partial charge in [0.15, 0.2) is 0 Å². The van der Waals surface area contributed by atoms with E-state index in [1.54, 1.807) is 0 Å². The molecular weight excluding hydrogens is 212 g/mol. The van der Waals surface area contributed by atoms with Gasteiger partial charge in [0.2, 0.25) is 0 Å². The number of nitrogens with two attached hydrogens (primary N) is 1. The molecule has 92 valence electrons. The number of benzene rings is 1. The van der Waals surface area contributed by atoms with Crippen LogP contribution in [0.5, 0.6) is 0 Å². The van der Waals surface area contributed by atoms with Crippen LogP contribution in [0.3, 0.4) is 0 Å². The maximum absolute atomic E-state index is 5.36. The lowest BCUT2D eigenvalue weighted by molar-refractivity contribution is 0.279. The van der Waals surface area contributed by atoms with E-state index in [-0.39, 0.29) is 5.41 Å². The second kappa shape index (κ2) is 4.37. The topological polar surface area (TPSA) is 53.6 Å². The van der Waals surface area contributed by atoms with Crippen molar-refractivity contribution in [2.45, 2.75) is 20.8 Å². The Hall–Kier alpha value is -1.55. The molecule has 0 saturated heterocycles. The predicted octanol–water partition coefficient (Wildman–Crippen LogP) is 2.04. The molecule has 1 aliphatic heterocycles. The minimum atomic E-state index is 0.105. The van der Waals surface area contributed by atoms with Gasteiger partial charge in [0.25, 0.3) is 0 Å². The van der Waals surface area contributed by atoms with Crippen molar-refractivity contribution in [2.75, 3.05) is 18.5 Å². The molecule has 0 aliphatic carbocycles. The highest BCUT2D eigenvalue weighted by molar-refractivity contribution is 6.05. The van der Waals surface area contributed by atoms with Gasteiger partial charge < -0.3 is 5.43 Å². The van der Waals surface area contributed by atoms with Crippen LogP contribution in [0.25, 0.3) is 0 Å². The van der Waals surface area contributed by atoms with Crippen molar-refractivity contribution >= 4 is 11.4 Å². The summed E-state index contributed by atoms with van der Waals surface area (Å²) in [6, 6.07) is 8.08. The monoisotopic (exact) mass is 232 g/mol. The number of nitrogens with one attached hydrogen (secondary N) is 1. The van der Waals surface area contributed by atoms with E-state index < -0.39 is 0 Å². The molecule has 0 unspecified atom stereocenters. The Kier molecular flexibility index (Phi) is 3.07. The second-order valence-electron chi connectivity index (χ2n) is 5.03. The molecule has 4 nitrogen and oxygen atoms in total. The molecule has 2 rings (SSSR count). The fourth-order valence-corrected chi connectivity index (χ4v) is 2.20. The fraction of sp³-hybridized carbons (Fsp3) is 0.462. The zero-order valence-corrected chi connectivity index (χ0v) is 10.7. The van der Waals surface area contributed by atoms with Crippen LogP contribution in [0, 0.1) is 5.41 Å². The van der Waals surface area contributed by atoms with E-state index in [1.807, 2.05) is 12.1 Å². The molecule has 3 N–H and O–H groups in total. The van der Waals surface area contributed by atoms with E-state index in [1.165, 1.54) is 5.56 Å². The molecule has 0 radical (unpaired) electrons. The predicted molar refractivity (Wildman–Crippen MR) is 71.8 cm³/mol. The average molecular weight is 232 g/mol. The lowest BCUT2D eigenvalue weighted by Gasteiger charge is -2.20. The third kappa shape index (κ3) is 2.26. The maximum atomic E-state index is 5.36. The number of hydrogen-bond donors (Lipinski definition) is 2. The highest BCUT2D eigenvalue weighted by atomic mass is 15.5. The van der Waals surface area contributed by atoms with E-state index in [2.05, 4.69) is 48.4 Å². The SMILES string of the molecule is CCN1CC(C)(C)C(c2ccc(NN)cc2)=N1. The first kappa shape index (κ1) is 11.9. The number of hydrazone groups is 1. The molecule has 0 aromatic heterocycles. The average Bonchev–Trinajstić information content (AvgIpc) is 2.64. The molecule has 0 bridgehead atoms. The fourth-order valence-electron chi connectivity index (χ4n) is 2.20. The summed E-state index contributed by atoms with van der Waals surface area (Å²) in [5.41, 5.74) is 5.98. The summed E-state index contributed by atoms with van der Waals surface area (Å²) in [5, 5.41) is 6.80. The molecule has 1 aromatic rings. The van der Waals surface area contributed by atoms with Crippen LogP contribution in [0.2, 0.25) is 0 Å². The minimum absolute atomic E-state index is 0.105. The minimum Gasteiger partial charge on any atom is -0.324 e. The van der Waals surface area contributed by atoms with E-state index in [9.17, 15) is 0 Å². The molecule has 17 heavy (non-hydrogen) atoms. The van der Waals surface area contributed by atoms with Gasteiger partial charge in [-0.3, -0.25) is 10.9 Å². The van der Waals surface area contributed by atoms with Crippen LogP contribution in [0.15, 0.2) is 29.4 Å². The Morgan fingerprint density at radius 2 is 2.00 bits per heavy atom. The van der Waals surface area contributed by atoms with Crippen LogP contribution in [0.1, 0.15) is 26.3 Å². The van der Waals surface area contributed by atoms with Gasteiger partial charge in [-0.05, 0) is 24.6 Å². The standard InChI is InChI=1S/C13H20N4/c1-4-17-9-13(2,3)12(16-17)10-5-7-11(15-14)8-6-10/h5-8,15H,4,9,14H2,1-3H3. The van der Waals surface area contributed by atoms with Gasteiger partial charge in [0.1, 0.15) is 0 Å². The van der Waals surface area contributed by atoms with Gasteiger partial charge in [0, 0.05) is 24.2 Å². The van der Waals surface area contributed by atoms with Crippen LogP contribution >= 0.6 is 0 Å². The molecule has 1 aliphatic rings. The summed E-state index contributed by atoms with van der Waals surface area (Å²) in [5.74, 6) is 5.36. The first-order valence-corrected chi connectivity index (χ1v) is 5.98. The second-order valence-corrected chi connectivity index (χ2v) is 5.03. The van der Waals surface area contributed by atoms with E-state index >= 15 is 0 Å². The summed E-state index contributed by atoms with van der Waals surface area (Å²) >= 11 is 0. The number of nitrogen functional groups attached to an aromatic ring is 1. The first-order valence-electron chi connectivity index (χ1n) is 5.98. The largest absolute Gasteiger partial charge is 0.324 e. The Labute approximate surface area is 102 Å². The van der Waals surface area contributed by atoms with Crippen molar-refractivity contribution in [1.82, 2.24) is 5.01 Å². The zero-order valence-electron chi connectivity index (χ0n) is 10.7. The van der Waals surface area contributed by atoms with Gasteiger partial charge in [-0.1, -0.05) is 26.0 Å². The van der Waals surface area contributed by atoms with Gasteiger partial charge >= 0.3 is 0 Å². The normalized spacial score (nSPS) is 18.1. The highest BCUT2D eigenvalue weighted by Crippen LogP contribution is 2.30. The quantitative estimate of drug-likeness (QED) is 0.619. The molecular formula is C13H20N4. The lowest BCUT2D eigenvalue weighted by Crippen LogP contribution is -2.28. The Morgan fingerprint density at radius 3 is 2.47 bits per heavy atom. The van der Waals surface area contributed by atoms with Gasteiger partial charge in [0.05, 0.1) is 5.71 Å². The highest BCUT2D eigenvalue weighted by Gasteiger charge is 2.34. The molecule has 0 fully saturated rings. The molecule has 4 heteroatoms. The van der Waals surface area contributed by atoms with E-state index in [0.717, 1.165) is 24.5 Å². The van der Waals surface area contributed by atoms with Crippen molar-refractivity contribution in [3.05, 3.63) is 29.8 Å². The van der Waals surface area contributed by atoms with Crippen molar-refractivity contribution in [1.29, 1.82) is 0 Å². The zero-order chi connectivity index (χ0) is 12.5. The summed E-state index contributed by atoms with van der Waals surface area (Å²) in [6.45, 7) is 8.53. The molecule has 0 atom stereocenters. The first-order chi connectivity index (χ1) is 8.06. The van der Waals surface area contributed by atoms with Crippen LogP contribution < -0.4 is 11.3 Å². The third-order valence-electron chi connectivity index (χ3n) is 3.15. The van der Waals surface area contributed by atoms with Crippen molar-refractivity contribution in [3.8, 4) is 0 Å². The van der Waals surface area contributed by atoms with Crippen molar-refractivity contribution in [3.63, 3.8) is 0 Å². The molecule has 1 aromatic carbocycles. The number of hydrogen-bond acceptors (Lipinski definition) is 4. The summed E-state index contributed by atoms with van der Waals surface area (Å²) in [4.78, 5) is 0. The summed E-state index contributed by atoms with van der Waals surface area (Å²) in [7, 11) is 0. The third-order valence-corrected chi connectivity index (χ3v) is 3.15. The van der Waals surface area contributed by atoms with E-state index in [0.29, 0.717) is 0 Å². The van der Waals surface area contributed by atoms with Crippen molar-refractivity contribution < 1.29 is 0 Å². The van der Waals surface area contributed by atoms with Crippen LogP contribution in [-0.2, 0) is 0 Å². The Morgan fingerprint density at radius 1 is 1.35 bits per heavy atom. The van der Waals surface area contributed by atoms with Gasteiger partial charge in [-0.15, -0.1) is 0 Å². The number of nitrogens with zero attached hydrogens (tertiary/aromatic N) is 2. The van der Waals surface area contributed by atoms with Crippen LogP contribution in [-0.4, -0.2) is 23.8 Å². The summed E-state index contributed by atoms with van der Waals surface area (Å²) in [6.07, 6.45) is 0. The molecule has 0 saturated carbocycles. The molecule has 0 spiro atoms. The number of rotatable bonds is 3. The number of anilines is 1. The smallest absolute Gasteiger partial charge is 0.0752 e. The Balaban J connectivity index is 2.31. The summed E-state index contributed by atoms with van der Waals surface area (Å²) < 4.78 is 0. The molecule has 0 amide bonds. The van der Waals surface area contributed by atoms with Crippen LogP contribution in [0.4, 0.5) is 5.69 Å². The Bertz CT molecular complexity index is 420. The maximum Gasteiger partial charge on any atom is 0.0752 e. The molecule has 1 heterocycles. The lowest BCUT2D eigenvalue weighted by atomic mass is 9.84.